The van der Waals surface area contributed by atoms with Crippen molar-refractivity contribution in [1.82, 2.24) is 9.80 Å². The molecule has 1 unspecified atom stereocenters. The second kappa shape index (κ2) is 10.6. The Morgan fingerprint density at radius 3 is 2.26 bits per heavy atom. The van der Waals surface area contributed by atoms with Crippen LogP contribution in [0.1, 0.15) is 62.9 Å². The summed E-state index contributed by atoms with van der Waals surface area (Å²) in [6, 6.07) is 12.7. The van der Waals surface area contributed by atoms with Crippen LogP contribution in [0.5, 0.6) is 5.75 Å². The lowest BCUT2D eigenvalue weighted by Gasteiger charge is -2.27. The third-order valence-electron chi connectivity index (χ3n) is 6.39. The standard InChI is InChI=1S/C29H38N2O4/c1-8-19-10-12-20(13-11-19)25-24(27(33)28(34)31(25)17-16-30(6)7)26(32)21-14-15-23(35-9-2)22(18-21)29(3,4)5/h10-15,18,25,32H,8-9,16-17H2,1-7H3/b26-24-. The summed E-state index contributed by atoms with van der Waals surface area (Å²) in [6.45, 7) is 11.7. The molecule has 3 rings (SSSR count). The summed E-state index contributed by atoms with van der Waals surface area (Å²) >= 11 is 0. The molecule has 1 aliphatic rings. The van der Waals surface area contributed by atoms with Crippen molar-refractivity contribution in [3.63, 3.8) is 0 Å². The van der Waals surface area contributed by atoms with Gasteiger partial charge in [-0.2, -0.15) is 0 Å². The molecule has 1 amide bonds. The highest BCUT2D eigenvalue weighted by Crippen LogP contribution is 2.41. The van der Waals surface area contributed by atoms with E-state index in [9.17, 15) is 14.7 Å². The molecule has 188 valence electrons. The molecular formula is C29H38N2O4. The number of amides is 1. The molecule has 6 nitrogen and oxygen atoms in total. The Balaban J connectivity index is 2.18. The molecule has 1 heterocycles. The Hall–Kier alpha value is -3.12. The number of aliphatic hydroxyl groups excluding tert-OH is 1. The van der Waals surface area contributed by atoms with Gasteiger partial charge in [-0.1, -0.05) is 52.0 Å². The van der Waals surface area contributed by atoms with Crippen molar-refractivity contribution < 1.29 is 19.4 Å². The van der Waals surface area contributed by atoms with E-state index < -0.39 is 17.7 Å². The first-order valence-electron chi connectivity index (χ1n) is 12.3. The number of likely N-dealkylation sites (tertiary alicyclic amines) is 1. The zero-order valence-electron chi connectivity index (χ0n) is 22.0. The third-order valence-corrected chi connectivity index (χ3v) is 6.39. The van der Waals surface area contributed by atoms with Crippen molar-refractivity contribution in [3.8, 4) is 5.75 Å². The molecule has 6 heteroatoms. The minimum absolute atomic E-state index is 0.127. The molecule has 1 aliphatic heterocycles. The largest absolute Gasteiger partial charge is 0.507 e. The van der Waals surface area contributed by atoms with Gasteiger partial charge in [-0.05, 0) is 62.2 Å². The smallest absolute Gasteiger partial charge is 0.295 e. The lowest BCUT2D eigenvalue weighted by atomic mass is 9.84. The maximum atomic E-state index is 13.3. The average Bonchev–Trinajstić information content (AvgIpc) is 3.07. The number of hydrogen-bond acceptors (Lipinski definition) is 5. The van der Waals surface area contributed by atoms with Crippen molar-refractivity contribution in [2.45, 2.75) is 52.5 Å². The SMILES string of the molecule is CCOc1ccc(/C(O)=C2/C(=O)C(=O)N(CCN(C)C)C2c2ccc(CC)cc2)cc1C(C)(C)C. The normalized spacial score (nSPS) is 17.9. The minimum Gasteiger partial charge on any atom is -0.507 e. The van der Waals surface area contributed by atoms with Gasteiger partial charge in [-0.25, -0.2) is 0 Å². The molecule has 2 aromatic rings. The fourth-order valence-electron chi connectivity index (χ4n) is 4.40. The highest BCUT2D eigenvalue weighted by Gasteiger charge is 2.46. The fourth-order valence-corrected chi connectivity index (χ4v) is 4.40. The van der Waals surface area contributed by atoms with E-state index in [1.165, 1.54) is 5.56 Å². The molecule has 0 radical (unpaired) electrons. The van der Waals surface area contributed by atoms with Crippen LogP contribution in [0.4, 0.5) is 0 Å². The quantitative estimate of drug-likeness (QED) is 0.331. The third kappa shape index (κ3) is 5.59. The van der Waals surface area contributed by atoms with Crippen LogP contribution < -0.4 is 4.74 Å². The molecule has 0 aromatic heterocycles. The van der Waals surface area contributed by atoms with Crippen LogP contribution in [0, 0.1) is 0 Å². The summed E-state index contributed by atoms with van der Waals surface area (Å²) < 4.78 is 5.81. The van der Waals surface area contributed by atoms with Gasteiger partial charge < -0.3 is 19.6 Å². The van der Waals surface area contributed by atoms with Crippen molar-refractivity contribution in [2.24, 2.45) is 0 Å². The number of benzene rings is 2. The van der Waals surface area contributed by atoms with Crippen molar-refractivity contribution >= 4 is 17.4 Å². The molecule has 1 fully saturated rings. The number of ketones is 1. The second-order valence-corrected chi connectivity index (χ2v) is 10.3. The van der Waals surface area contributed by atoms with E-state index >= 15 is 0 Å². The summed E-state index contributed by atoms with van der Waals surface area (Å²) in [5.41, 5.74) is 3.29. The van der Waals surface area contributed by atoms with E-state index in [0.717, 1.165) is 23.3 Å². The van der Waals surface area contributed by atoms with Crippen LogP contribution in [0.3, 0.4) is 0 Å². The molecule has 0 saturated carbocycles. The highest BCUT2D eigenvalue weighted by atomic mass is 16.5. The molecule has 0 bridgehead atoms. The average molecular weight is 479 g/mol. The van der Waals surface area contributed by atoms with Crippen molar-refractivity contribution in [2.75, 3.05) is 33.8 Å². The van der Waals surface area contributed by atoms with Gasteiger partial charge in [-0.3, -0.25) is 9.59 Å². The fraction of sp³-hybridized carbons (Fsp3) is 0.448. The lowest BCUT2D eigenvalue weighted by molar-refractivity contribution is -0.140. The number of likely N-dealkylation sites (N-methyl/N-ethyl adjacent to an activating group) is 1. The Morgan fingerprint density at radius 2 is 1.71 bits per heavy atom. The van der Waals surface area contributed by atoms with E-state index in [-0.39, 0.29) is 16.7 Å². The van der Waals surface area contributed by atoms with Crippen molar-refractivity contribution in [1.29, 1.82) is 0 Å². The summed E-state index contributed by atoms with van der Waals surface area (Å²) in [6.07, 6.45) is 0.892. The van der Waals surface area contributed by atoms with E-state index in [0.29, 0.717) is 25.3 Å². The van der Waals surface area contributed by atoms with Gasteiger partial charge >= 0.3 is 0 Å². The van der Waals surface area contributed by atoms with Gasteiger partial charge in [0.1, 0.15) is 11.5 Å². The predicted molar refractivity (Wildman–Crippen MR) is 140 cm³/mol. The first-order chi connectivity index (χ1) is 16.5. The number of carbonyl (C=O) groups excluding carboxylic acids is 2. The van der Waals surface area contributed by atoms with Gasteiger partial charge in [0.2, 0.25) is 0 Å². The Labute approximate surface area is 209 Å². The Morgan fingerprint density at radius 1 is 1.06 bits per heavy atom. The number of hydrogen-bond donors (Lipinski definition) is 1. The number of Topliss-reactive ketones (excluding diaryl/α,β-unsaturated/α-hetero) is 1. The maximum absolute atomic E-state index is 13.3. The number of rotatable bonds is 8. The summed E-state index contributed by atoms with van der Waals surface area (Å²) in [7, 11) is 3.85. The van der Waals surface area contributed by atoms with Gasteiger partial charge in [0.15, 0.2) is 0 Å². The highest BCUT2D eigenvalue weighted by molar-refractivity contribution is 6.46. The molecular weight excluding hydrogens is 440 g/mol. The summed E-state index contributed by atoms with van der Waals surface area (Å²) in [4.78, 5) is 30.0. The van der Waals surface area contributed by atoms with E-state index in [2.05, 4.69) is 27.7 Å². The number of aliphatic hydroxyl groups is 1. The van der Waals surface area contributed by atoms with Crippen LogP contribution in [-0.2, 0) is 21.4 Å². The van der Waals surface area contributed by atoms with Crippen LogP contribution in [-0.4, -0.2) is 60.4 Å². The molecule has 2 aromatic carbocycles. The van der Waals surface area contributed by atoms with E-state index in [4.69, 9.17) is 4.74 Å². The second-order valence-electron chi connectivity index (χ2n) is 10.3. The topological polar surface area (TPSA) is 70.1 Å². The van der Waals surface area contributed by atoms with Gasteiger partial charge in [0.25, 0.3) is 11.7 Å². The van der Waals surface area contributed by atoms with Gasteiger partial charge in [0, 0.05) is 24.2 Å². The van der Waals surface area contributed by atoms with Gasteiger partial charge in [-0.15, -0.1) is 0 Å². The summed E-state index contributed by atoms with van der Waals surface area (Å²) in [5.74, 6) is -0.652. The molecule has 35 heavy (non-hydrogen) atoms. The molecule has 0 spiro atoms. The number of aryl methyl sites for hydroxylation is 1. The Bertz CT molecular complexity index is 1110. The van der Waals surface area contributed by atoms with Crippen LogP contribution >= 0.6 is 0 Å². The molecule has 1 N–H and O–H groups in total. The lowest BCUT2D eigenvalue weighted by Crippen LogP contribution is -2.35. The van der Waals surface area contributed by atoms with E-state index in [1.807, 2.05) is 62.3 Å². The minimum atomic E-state index is -0.656. The first kappa shape index (κ1) is 26.5. The monoisotopic (exact) mass is 478 g/mol. The predicted octanol–water partition coefficient (Wildman–Crippen LogP) is 4.93. The van der Waals surface area contributed by atoms with Crippen molar-refractivity contribution in [3.05, 3.63) is 70.3 Å². The molecule has 1 atom stereocenters. The summed E-state index contributed by atoms with van der Waals surface area (Å²) in [5, 5.41) is 11.5. The number of carbonyl (C=O) groups is 2. The number of ether oxygens (including phenoxy) is 1. The number of nitrogens with zero attached hydrogens (tertiary/aromatic N) is 2. The van der Waals surface area contributed by atoms with Gasteiger partial charge in [0.05, 0.1) is 18.2 Å². The van der Waals surface area contributed by atoms with Crippen LogP contribution in [0.2, 0.25) is 0 Å². The zero-order valence-corrected chi connectivity index (χ0v) is 22.0. The van der Waals surface area contributed by atoms with E-state index in [1.54, 1.807) is 11.0 Å². The molecule has 1 saturated heterocycles. The van der Waals surface area contributed by atoms with Crippen LogP contribution in [0.25, 0.3) is 5.76 Å². The van der Waals surface area contributed by atoms with Crippen LogP contribution in [0.15, 0.2) is 48.0 Å². The first-order valence-corrected chi connectivity index (χ1v) is 12.3. The Kier molecular flexibility index (Phi) is 8.06. The molecule has 0 aliphatic carbocycles. The zero-order chi connectivity index (χ0) is 25.9. The maximum Gasteiger partial charge on any atom is 0.295 e.